The van der Waals surface area contributed by atoms with Crippen LogP contribution in [0.5, 0.6) is 17.2 Å². The number of hydrogen-bond acceptors (Lipinski definition) is 7. The maximum Gasteiger partial charge on any atom is 0.231 e. The molecule has 0 amide bonds. The van der Waals surface area contributed by atoms with Gasteiger partial charge >= 0.3 is 0 Å². The molecule has 2 aromatic carbocycles. The summed E-state index contributed by atoms with van der Waals surface area (Å²) in [6.45, 7) is 4.99. The lowest BCUT2D eigenvalue weighted by Crippen LogP contribution is -2.31. The van der Waals surface area contributed by atoms with Crippen LogP contribution in [-0.2, 0) is 6.54 Å². The normalized spacial score (nSPS) is 12.5. The van der Waals surface area contributed by atoms with Crippen LogP contribution in [0.3, 0.4) is 0 Å². The van der Waals surface area contributed by atoms with Crippen LogP contribution in [0.1, 0.15) is 25.5 Å². The Bertz CT molecular complexity index is 1270. The lowest BCUT2D eigenvalue weighted by atomic mass is 10.1. The molecule has 3 heterocycles. The molecule has 0 unspecified atom stereocenters. The number of benzene rings is 2. The van der Waals surface area contributed by atoms with Crippen molar-refractivity contribution in [2.75, 3.05) is 18.9 Å². The number of rotatable bonds is 6. The van der Waals surface area contributed by atoms with Crippen molar-refractivity contribution in [2.24, 2.45) is 5.84 Å². The number of hydrogen-bond donors (Lipinski definition) is 1. The highest BCUT2D eigenvalue weighted by molar-refractivity contribution is 5.92. The average Bonchev–Trinajstić information content (AvgIpc) is 3.43. The summed E-state index contributed by atoms with van der Waals surface area (Å²) < 4.78 is 18.4. The first kappa shape index (κ1) is 20.1. The lowest BCUT2D eigenvalue weighted by molar-refractivity contribution is 0.174. The Labute approximate surface area is 186 Å². The van der Waals surface area contributed by atoms with Crippen molar-refractivity contribution in [1.82, 2.24) is 14.5 Å². The number of nitrogens with two attached hydrogens (primary N) is 1. The largest absolute Gasteiger partial charge is 0.497 e. The minimum atomic E-state index is 0.201. The predicted molar refractivity (Wildman–Crippen MR) is 123 cm³/mol. The van der Waals surface area contributed by atoms with Gasteiger partial charge in [0.1, 0.15) is 17.7 Å². The molecule has 2 N–H and O–H groups in total. The standard InChI is InChI=1S/C24H25N5O3/c1-15(2)29-20(17-5-7-18(30-3)8-6-17)11-19-23(26-13-27-24(19)29)28(25)12-16-4-9-21-22(10-16)32-14-31-21/h4-11,13,15H,12,14,25H2,1-3H3. The second kappa shape index (κ2) is 8.05. The highest BCUT2D eigenvalue weighted by Crippen LogP contribution is 2.36. The SMILES string of the molecule is COc1ccc(-c2cc3c(N(N)Cc4ccc5c(c4)OCO5)ncnc3n2C(C)C)cc1. The third-order valence-corrected chi connectivity index (χ3v) is 5.57. The third-order valence-electron chi connectivity index (χ3n) is 5.57. The number of ether oxygens (including phenoxy) is 3. The van der Waals surface area contributed by atoms with Gasteiger partial charge in [0.15, 0.2) is 17.3 Å². The van der Waals surface area contributed by atoms with Gasteiger partial charge in [0.25, 0.3) is 0 Å². The van der Waals surface area contributed by atoms with Crippen LogP contribution < -0.4 is 25.1 Å². The molecule has 1 aliphatic heterocycles. The highest BCUT2D eigenvalue weighted by atomic mass is 16.7. The summed E-state index contributed by atoms with van der Waals surface area (Å²) in [6.07, 6.45) is 1.56. The maximum atomic E-state index is 6.50. The highest BCUT2D eigenvalue weighted by Gasteiger charge is 2.20. The van der Waals surface area contributed by atoms with E-state index >= 15 is 0 Å². The molecule has 0 saturated heterocycles. The van der Waals surface area contributed by atoms with Crippen LogP contribution in [-0.4, -0.2) is 28.4 Å². The minimum absolute atomic E-state index is 0.201. The van der Waals surface area contributed by atoms with E-state index in [0.717, 1.165) is 45.1 Å². The number of fused-ring (bicyclic) bond motifs is 2. The van der Waals surface area contributed by atoms with Crippen LogP contribution >= 0.6 is 0 Å². The van der Waals surface area contributed by atoms with Crippen molar-refractivity contribution in [3.05, 3.63) is 60.4 Å². The molecule has 1 aliphatic rings. The smallest absolute Gasteiger partial charge is 0.231 e. The van der Waals surface area contributed by atoms with E-state index in [9.17, 15) is 0 Å². The summed E-state index contributed by atoms with van der Waals surface area (Å²) in [5, 5.41) is 2.54. The summed E-state index contributed by atoms with van der Waals surface area (Å²) in [5.74, 6) is 9.46. The van der Waals surface area contributed by atoms with Crippen molar-refractivity contribution >= 4 is 16.9 Å². The van der Waals surface area contributed by atoms with Gasteiger partial charge in [-0.05, 0) is 67.4 Å². The second-order valence-corrected chi connectivity index (χ2v) is 7.97. The first-order valence-corrected chi connectivity index (χ1v) is 10.5. The number of hydrazine groups is 1. The van der Waals surface area contributed by atoms with Crippen LogP contribution in [0.2, 0.25) is 0 Å². The van der Waals surface area contributed by atoms with Crippen LogP contribution in [0.25, 0.3) is 22.3 Å². The van der Waals surface area contributed by atoms with Crippen molar-refractivity contribution in [1.29, 1.82) is 0 Å². The van der Waals surface area contributed by atoms with Crippen molar-refractivity contribution in [2.45, 2.75) is 26.4 Å². The monoisotopic (exact) mass is 431 g/mol. The Morgan fingerprint density at radius 3 is 2.59 bits per heavy atom. The van der Waals surface area contributed by atoms with Gasteiger partial charge in [-0.15, -0.1) is 0 Å². The number of aromatic nitrogens is 3. The van der Waals surface area contributed by atoms with Gasteiger partial charge in [-0.25, -0.2) is 15.8 Å². The van der Waals surface area contributed by atoms with Gasteiger partial charge in [-0.2, -0.15) is 0 Å². The average molecular weight is 431 g/mol. The first-order chi connectivity index (χ1) is 15.5. The fraction of sp³-hybridized carbons (Fsp3) is 0.250. The van der Waals surface area contributed by atoms with Gasteiger partial charge in [-0.3, -0.25) is 5.01 Å². The number of nitrogens with zero attached hydrogens (tertiary/aromatic N) is 4. The Morgan fingerprint density at radius 2 is 1.84 bits per heavy atom. The molecule has 0 spiro atoms. The Kier molecular flexibility index (Phi) is 5.07. The van der Waals surface area contributed by atoms with E-state index in [1.54, 1.807) is 18.4 Å². The van der Waals surface area contributed by atoms with Crippen LogP contribution in [0.15, 0.2) is 54.9 Å². The van der Waals surface area contributed by atoms with Crippen molar-refractivity contribution < 1.29 is 14.2 Å². The van der Waals surface area contributed by atoms with E-state index in [0.29, 0.717) is 12.4 Å². The zero-order valence-electron chi connectivity index (χ0n) is 18.3. The molecule has 0 radical (unpaired) electrons. The molecule has 0 saturated carbocycles. The zero-order valence-corrected chi connectivity index (χ0v) is 18.3. The molecule has 5 rings (SSSR count). The fourth-order valence-corrected chi connectivity index (χ4v) is 4.07. The van der Waals surface area contributed by atoms with Gasteiger partial charge in [0.05, 0.1) is 24.7 Å². The van der Waals surface area contributed by atoms with E-state index < -0.39 is 0 Å². The molecule has 0 fully saturated rings. The van der Waals surface area contributed by atoms with E-state index in [1.807, 2.05) is 42.5 Å². The maximum absolute atomic E-state index is 6.50. The molecule has 164 valence electrons. The minimum Gasteiger partial charge on any atom is -0.497 e. The van der Waals surface area contributed by atoms with Crippen molar-refractivity contribution in [3.8, 4) is 28.5 Å². The lowest BCUT2D eigenvalue weighted by Gasteiger charge is -2.19. The van der Waals surface area contributed by atoms with E-state index in [-0.39, 0.29) is 12.8 Å². The summed E-state index contributed by atoms with van der Waals surface area (Å²) >= 11 is 0. The predicted octanol–water partition coefficient (Wildman–Crippen LogP) is 4.30. The Balaban J connectivity index is 1.55. The summed E-state index contributed by atoms with van der Waals surface area (Å²) in [7, 11) is 1.66. The Hall–Kier alpha value is -3.78. The van der Waals surface area contributed by atoms with Gasteiger partial charge in [0, 0.05) is 6.04 Å². The van der Waals surface area contributed by atoms with Gasteiger partial charge in [-0.1, -0.05) is 6.07 Å². The molecule has 32 heavy (non-hydrogen) atoms. The topological polar surface area (TPSA) is 87.7 Å². The van der Waals surface area contributed by atoms with E-state index in [2.05, 4.69) is 34.4 Å². The molecular weight excluding hydrogens is 406 g/mol. The van der Waals surface area contributed by atoms with Gasteiger partial charge < -0.3 is 18.8 Å². The number of methoxy groups -OCH3 is 1. The number of anilines is 1. The summed E-state index contributed by atoms with van der Waals surface area (Å²) in [6, 6.07) is 16.1. The summed E-state index contributed by atoms with van der Waals surface area (Å²) in [5.41, 5.74) is 3.97. The fourth-order valence-electron chi connectivity index (χ4n) is 4.07. The third kappa shape index (κ3) is 3.48. The second-order valence-electron chi connectivity index (χ2n) is 7.97. The Morgan fingerprint density at radius 1 is 1.06 bits per heavy atom. The van der Waals surface area contributed by atoms with E-state index in [4.69, 9.17) is 20.1 Å². The molecule has 0 atom stereocenters. The molecule has 8 heteroatoms. The van der Waals surface area contributed by atoms with Gasteiger partial charge in [0.2, 0.25) is 6.79 Å². The van der Waals surface area contributed by atoms with E-state index in [1.165, 1.54) is 0 Å². The molecule has 2 aromatic heterocycles. The molecule has 0 bridgehead atoms. The summed E-state index contributed by atoms with van der Waals surface area (Å²) in [4.78, 5) is 9.10. The zero-order chi connectivity index (χ0) is 22.2. The van der Waals surface area contributed by atoms with Crippen LogP contribution in [0, 0.1) is 0 Å². The quantitative estimate of drug-likeness (QED) is 0.360. The first-order valence-electron chi connectivity index (χ1n) is 10.5. The molecule has 0 aliphatic carbocycles. The molecular formula is C24H25N5O3. The van der Waals surface area contributed by atoms with Crippen LogP contribution in [0.4, 0.5) is 5.82 Å². The molecule has 8 nitrogen and oxygen atoms in total. The van der Waals surface area contributed by atoms with Crippen molar-refractivity contribution in [3.63, 3.8) is 0 Å². The molecule has 4 aromatic rings.